The van der Waals surface area contributed by atoms with E-state index in [1.807, 2.05) is 0 Å². The molecule has 0 aromatic heterocycles. The Bertz CT molecular complexity index is 586. The zero-order valence-electron chi connectivity index (χ0n) is 14.7. The molecule has 2 rings (SSSR count). The third-order valence-corrected chi connectivity index (χ3v) is 4.54. The van der Waals surface area contributed by atoms with Crippen LogP contribution in [-0.2, 0) is 0 Å². The standard InChI is InChI=1S/C21H26F2O3/c22-17-11-7-15(8-12-17)20(25)5-1-3-19(24)4-2-6-21(26)16-9-13-18(23)14-10-16/h7-14,19-21,24-26H,1-6H2. The minimum absolute atomic E-state index is 0.334. The molecule has 2 aromatic rings. The van der Waals surface area contributed by atoms with Gasteiger partial charge in [0, 0.05) is 0 Å². The van der Waals surface area contributed by atoms with Gasteiger partial charge in [0.2, 0.25) is 0 Å². The summed E-state index contributed by atoms with van der Waals surface area (Å²) in [5.74, 6) is -0.668. The second-order valence-electron chi connectivity index (χ2n) is 6.65. The van der Waals surface area contributed by atoms with E-state index >= 15 is 0 Å². The zero-order chi connectivity index (χ0) is 18.9. The maximum atomic E-state index is 12.9. The Morgan fingerprint density at radius 2 is 0.923 bits per heavy atom. The lowest BCUT2D eigenvalue weighted by molar-refractivity contribution is 0.117. The van der Waals surface area contributed by atoms with E-state index in [1.54, 1.807) is 24.3 Å². The highest BCUT2D eigenvalue weighted by Gasteiger charge is 2.12. The quantitative estimate of drug-likeness (QED) is 0.584. The summed E-state index contributed by atoms with van der Waals surface area (Å²) in [6, 6.07) is 11.5. The van der Waals surface area contributed by atoms with Crippen LogP contribution in [0.5, 0.6) is 0 Å². The molecule has 0 aliphatic heterocycles. The molecule has 2 aromatic carbocycles. The van der Waals surface area contributed by atoms with Crippen LogP contribution in [0.2, 0.25) is 0 Å². The Morgan fingerprint density at radius 3 is 1.27 bits per heavy atom. The van der Waals surface area contributed by atoms with Crippen LogP contribution in [0.1, 0.15) is 61.9 Å². The molecule has 0 heterocycles. The Balaban J connectivity index is 1.62. The highest BCUT2D eigenvalue weighted by molar-refractivity contribution is 5.19. The van der Waals surface area contributed by atoms with E-state index in [2.05, 4.69) is 0 Å². The molecule has 0 saturated carbocycles. The van der Waals surface area contributed by atoms with E-state index in [4.69, 9.17) is 0 Å². The summed E-state index contributed by atoms with van der Waals surface area (Å²) in [5, 5.41) is 30.1. The van der Waals surface area contributed by atoms with Gasteiger partial charge in [0.25, 0.3) is 0 Å². The van der Waals surface area contributed by atoms with Crippen molar-refractivity contribution in [3.63, 3.8) is 0 Å². The van der Waals surface area contributed by atoms with Crippen LogP contribution in [0.4, 0.5) is 8.78 Å². The van der Waals surface area contributed by atoms with Crippen molar-refractivity contribution in [2.24, 2.45) is 0 Å². The maximum Gasteiger partial charge on any atom is 0.123 e. The molecule has 3 nitrogen and oxygen atoms in total. The van der Waals surface area contributed by atoms with Crippen LogP contribution >= 0.6 is 0 Å². The molecule has 0 bridgehead atoms. The summed E-state index contributed by atoms with van der Waals surface area (Å²) in [5.41, 5.74) is 1.34. The minimum atomic E-state index is -0.664. The van der Waals surface area contributed by atoms with Crippen molar-refractivity contribution < 1.29 is 24.1 Å². The van der Waals surface area contributed by atoms with Gasteiger partial charge >= 0.3 is 0 Å². The van der Waals surface area contributed by atoms with Gasteiger partial charge in [-0.2, -0.15) is 0 Å². The summed E-state index contributed by atoms with van der Waals surface area (Å²) in [6.45, 7) is 0. The first-order chi connectivity index (χ1) is 12.5. The van der Waals surface area contributed by atoms with Crippen LogP contribution in [0.3, 0.4) is 0 Å². The van der Waals surface area contributed by atoms with E-state index in [-0.39, 0.29) is 11.6 Å². The molecule has 0 spiro atoms. The van der Waals surface area contributed by atoms with Crippen molar-refractivity contribution >= 4 is 0 Å². The molecule has 26 heavy (non-hydrogen) atoms. The van der Waals surface area contributed by atoms with Gasteiger partial charge in [0.1, 0.15) is 11.6 Å². The average molecular weight is 364 g/mol. The predicted molar refractivity (Wildman–Crippen MR) is 96.4 cm³/mol. The molecule has 0 fully saturated rings. The summed E-state index contributed by atoms with van der Waals surface area (Å²) in [7, 11) is 0. The summed E-state index contributed by atoms with van der Waals surface area (Å²) < 4.78 is 25.7. The van der Waals surface area contributed by atoms with Gasteiger partial charge in [0.15, 0.2) is 0 Å². The molecular weight excluding hydrogens is 338 g/mol. The highest BCUT2D eigenvalue weighted by Crippen LogP contribution is 2.23. The molecule has 2 atom stereocenters. The molecule has 0 aliphatic carbocycles. The number of hydrogen-bond donors (Lipinski definition) is 3. The van der Waals surface area contributed by atoms with Crippen molar-refractivity contribution in [1.29, 1.82) is 0 Å². The monoisotopic (exact) mass is 364 g/mol. The number of aliphatic hydroxyl groups excluding tert-OH is 3. The van der Waals surface area contributed by atoms with Crippen molar-refractivity contribution in [1.82, 2.24) is 0 Å². The largest absolute Gasteiger partial charge is 0.393 e. The van der Waals surface area contributed by atoms with Gasteiger partial charge in [-0.1, -0.05) is 24.3 Å². The lowest BCUT2D eigenvalue weighted by atomic mass is 9.98. The van der Waals surface area contributed by atoms with Crippen LogP contribution in [-0.4, -0.2) is 21.4 Å². The van der Waals surface area contributed by atoms with Crippen LogP contribution in [0.15, 0.2) is 48.5 Å². The van der Waals surface area contributed by atoms with E-state index < -0.39 is 18.3 Å². The highest BCUT2D eigenvalue weighted by atomic mass is 19.1. The third-order valence-electron chi connectivity index (χ3n) is 4.54. The van der Waals surface area contributed by atoms with E-state index in [0.717, 1.165) is 0 Å². The molecule has 142 valence electrons. The number of aliphatic hydroxyl groups is 3. The zero-order valence-corrected chi connectivity index (χ0v) is 14.7. The van der Waals surface area contributed by atoms with Gasteiger partial charge in [-0.3, -0.25) is 0 Å². The third kappa shape index (κ3) is 6.83. The second kappa shape index (κ2) is 10.4. The minimum Gasteiger partial charge on any atom is -0.393 e. The Kier molecular flexibility index (Phi) is 8.16. The first kappa shape index (κ1) is 20.5. The Morgan fingerprint density at radius 1 is 0.577 bits per heavy atom. The second-order valence-corrected chi connectivity index (χ2v) is 6.65. The number of benzene rings is 2. The lowest BCUT2D eigenvalue weighted by Gasteiger charge is -2.15. The van der Waals surface area contributed by atoms with Crippen molar-refractivity contribution in [3.05, 3.63) is 71.3 Å². The van der Waals surface area contributed by atoms with Crippen LogP contribution in [0.25, 0.3) is 0 Å². The molecule has 0 radical (unpaired) electrons. The van der Waals surface area contributed by atoms with Crippen LogP contribution < -0.4 is 0 Å². The average Bonchev–Trinajstić information content (AvgIpc) is 2.62. The predicted octanol–water partition coefficient (Wildman–Crippen LogP) is 4.43. The fraction of sp³-hybridized carbons (Fsp3) is 0.429. The fourth-order valence-electron chi connectivity index (χ4n) is 2.94. The lowest BCUT2D eigenvalue weighted by Crippen LogP contribution is -2.08. The first-order valence-corrected chi connectivity index (χ1v) is 9.01. The van der Waals surface area contributed by atoms with Crippen molar-refractivity contribution in [2.45, 2.75) is 56.8 Å². The SMILES string of the molecule is OC(CCCC(O)c1ccc(F)cc1)CCCC(O)c1ccc(F)cc1. The van der Waals surface area contributed by atoms with Gasteiger partial charge in [-0.05, 0) is 73.9 Å². The topological polar surface area (TPSA) is 60.7 Å². The Hall–Kier alpha value is -1.82. The van der Waals surface area contributed by atoms with Gasteiger partial charge < -0.3 is 15.3 Å². The number of hydrogen-bond acceptors (Lipinski definition) is 3. The molecule has 5 heteroatoms. The number of halogens is 2. The van der Waals surface area contributed by atoms with Gasteiger partial charge in [-0.25, -0.2) is 8.78 Å². The number of rotatable bonds is 10. The van der Waals surface area contributed by atoms with E-state index in [9.17, 15) is 24.1 Å². The van der Waals surface area contributed by atoms with Gasteiger partial charge in [-0.15, -0.1) is 0 Å². The van der Waals surface area contributed by atoms with Crippen molar-refractivity contribution in [3.8, 4) is 0 Å². The molecule has 0 amide bonds. The maximum absolute atomic E-state index is 12.9. The van der Waals surface area contributed by atoms with E-state index in [1.165, 1.54) is 24.3 Å². The Labute approximate surface area is 152 Å². The molecule has 0 saturated heterocycles. The van der Waals surface area contributed by atoms with Crippen molar-refractivity contribution in [2.75, 3.05) is 0 Å². The van der Waals surface area contributed by atoms with Crippen LogP contribution in [0, 0.1) is 11.6 Å². The van der Waals surface area contributed by atoms with E-state index in [0.29, 0.717) is 49.7 Å². The normalized spacial score (nSPS) is 14.8. The summed E-state index contributed by atoms with van der Waals surface area (Å²) in [4.78, 5) is 0. The first-order valence-electron chi connectivity index (χ1n) is 9.01. The summed E-state index contributed by atoms with van der Waals surface area (Å²) in [6.07, 6.45) is 1.61. The molecule has 0 aliphatic rings. The molecular formula is C21H26F2O3. The fourth-order valence-corrected chi connectivity index (χ4v) is 2.94. The smallest absolute Gasteiger partial charge is 0.123 e. The molecule has 3 N–H and O–H groups in total. The summed E-state index contributed by atoms with van der Waals surface area (Å²) >= 11 is 0. The van der Waals surface area contributed by atoms with Gasteiger partial charge in [0.05, 0.1) is 18.3 Å². The molecule has 2 unspecified atom stereocenters.